The molecule has 3 rings (SSSR count). The Hall–Kier alpha value is -0.450. The van der Waals surface area contributed by atoms with Crippen LogP contribution >= 0.6 is 11.3 Å². The third-order valence-electron chi connectivity index (χ3n) is 4.37. The molecule has 2 aliphatic heterocycles. The van der Waals surface area contributed by atoms with Crippen molar-refractivity contribution < 1.29 is 0 Å². The quantitative estimate of drug-likeness (QED) is 0.892. The highest BCUT2D eigenvalue weighted by Crippen LogP contribution is 2.42. The van der Waals surface area contributed by atoms with Crippen molar-refractivity contribution in [3.8, 4) is 0 Å². The van der Waals surface area contributed by atoms with E-state index in [4.69, 9.17) is 4.98 Å². The highest BCUT2D eigenvalue weighted by molar-refractivity contribution is 7.09. The van der Waals surface area contributed by atoms with Crippen LogP contribution in [0.4, 0.5) is 0 Å². The summed E-state index contributed by atoms with van der Waals surface area (Å²) in [5.41, 5.74) is 1.21. The molecular formula is C13H21N3S. The number of nitrogens with one attached hydrogen (secondary N) is 1. The summed E-state index contributed by atoms with van der Waals surface area (Å²) in [5, 5.41) is 6.76. The fourth-order valence-electron chi connectivity index (χ4n) is 3.39. The highest BCUT2D eigenvalue weighted by atomic mass is 32.1. The summed E-state index contributed by atoms with van der Waals surface area (Å²) in [7, 11) is 4.28. The van der Waals surface area contributed by atoms with Gasteiger partial charge in [-0.3, -0.25) is 0 Å². The van der Waals surface area contributed by atoms with Gasteiger partial charge in [0.25, 0.3) is 0 Å². The van der Waals surface area contributed by atoms with Gasteiger partial charge in [0.1, 0.15) is 0 Å². The van der Waals surface area contributed by atoms with Crippen molar-refractivity contribution in [2.45, 2.75) is 50.2 Å². The smallest absolute Gasteiger partial charge is 0.0961 e. The van der Waals surface area contributed by atoms with Gasteiger partial charge in [-0.25, -0.2) is 4.98 Å². The number of nitrogens with zero attached hydrogens (tertiary/aromatic N) is 2. The zero-order chi connectivity index (χ0) is 11.8. The third-order valence-corrected chi connectivity index (χ3v) is 5.43. The summed E-state index contributed by atoms with van der Waals surface area (Å²) >= 11 is 1.86. The van der Waals surface area contributed by atoms with E-state index < -0.39 is 0 Å². The second-order valence-electron chi connectivity index (χ2n) is 5.43. The Morgan fingerprint density at radius 2 is 2.12 bits per heavy atom. The molecule has 0 aliphatic carbocycles. The van der Waals surface area contributed by atoms with Crippen LogP contribution in [-0.2, 0) is 6.54 Å². The summed E-state index contributed by atoms with van der Waals surface area (Å²) in [6.07, 6.45) is 5.43. The molecule has 2 atom stereocenters. The minimum atomic E-state index is 0.722. The number of aromatic nitrogens is 1. The van der Waals surface area contributed by atoms with Crippen LogP contribution in [0.3, 0.4) is 0 Å². The number of hydrogen-bond acceptors (Lipinski definition) is 4. The molecule has 0 aromatic carbocycles. The summed E-state index contributed by atoms with van der Waals surface area (Å²) in [6, 6.07) is 1.63. The number of fused-ring (bicyclic) bond motifs is 2. The van der Waals surface area contributed by atoms with Crippen LogP contribution in [0.15, 0.2) is 5.38 Å². The number of rotatable bonds is 3. The number of thiazole rings is 1. The fourth-order valence-corrected chi connectivity index (χ4v) is 4.33. The molecule has 2 fully saturated rings. The van der Waals surface area contributed by atoms with Gasteiger partial charge in [-0.15, -0.1) is 11.3 Å². The Morgan fingerprint density at radius 3 is 2.76 bits per heavy atom. The van der Waals surface area contributed by atoms with Crippen LogP contribution in [0.1, 0.15) is 42.3 Å². The normalized spacial score (nSPS) is 33.2. The topological polar surface area (TPSA) is 28.2 Å². The van der Waals surface area contributed by atoms with E-state index >= 15 is 0 Å². The SMILES string of the molecule is CNCc1csc(C2CC3CCC(C2)N3C)n1. The molecule has 3 nitrogen and oxygen atoms in total. The van der Waals surface area contributed by atoms with Gasteiger partial charge in [0.15, 0.2) is 0 Å². The molecule has 1 aromatic heterocycles. The Labute approximate surface area is 107 Å². The molecule has 3 heterocycles. The molecule has 2 aliphatic rings. The van der Waals surface area contributed by atoms with E-state index in [-0.39, 0.29) is 0 Å². The molecule has 1 aromatic rings. The maximum Gasteiger partial charge on any atom is 0.0961 e. The summed E-state index contributed by atoms with van der Waals surface area (Å²) in [4.78, 5) is 7.38. The first-order valence-corrected chi connectivity index (χ1v) is 7.46. The maximum absolute atomic E-state index is 4.78. The van der Waals surface area contributed by atoms with Crippen molar-refractivity contribution in [2.75, 3.05) is 14.1 Å². The standard InChI is InChI=1S/C13H21N3S/c1-14-7-10-8-17-13(15-10)9-5-11-3-4-12(6-9)16(11)2/h8-9,11-12,14H,3-7H2,1-2H3. The van der Waals surface area contributed by atoms with Crippen LogP contribution < -0.4 is 5.32 Å². The van der Waals surface area contributed by atoms with Gasteiger partial charge in [0.2, 0.25) is 0 Å². The molecule has 2 unspecified atom stereocenters. The fraction of sp³-hybridized carbons (Fsp3) is 0.769. The van der Waals surface area contributed by atoms with Crippen molar-refractivity contribution in [1.82, 2.24) is 15.2 Å². The average molecular weight is 251 g/mol. The first kappa shape index (κ1) is 11.6. The lowest BCUT2D eigenvalue weighted by Crippen LogP contribution is -2.39. The van der Waals surface area contributed by atoms with E-state index in [0.717, 1.165) is 24.5 Å². The van der Waals surface area contributed by atoms with E-state index in [1.165, 1.54) is 36.4 Å². The Morgan fingerprint density at radius 1 is 1.41 bits per heavy atom. The predicted octanol–water partition coefficient (Wildman–Crippen LogP) is 2.20. The van der Waals surface area contributed by atoms with E-state index in [9.17, 15) is 0 Å². The minimum absolute atomic E-state index is 0.722. The molecule has 0 amide bonds. The predicted molar refractivity (Wildman–Crippen MR) is 71.4 cm³/mol. The Balaban J connectivity index is 1.72. The number of hydrogen-bond donors (Lipinski definition) is 1. The second kappa shape index (κ2) is 4.67. The molecule has 0 radical (unpaired) electrons. The largest absolute Gasteiger partial charge is 0.314 e. The van der Waals surface area contributed by atoms with E-state index in [1.54, 1.807) is 0 Å². The summed E-state index contributed by atoms with van der Waals surface area (Å²) in [5.74, 6) is 0.722. The van der Waals surface area contributed by atoms with Crippen molar-refractivity contribution in [1.29, 1.82) is 0 Å². The van der Waals surface area contributed by atoms with Gasteiger partial charge < -0.3 is 10.2 Å². The first-order valence-electron chi connectivity index (χ1n) is 6.58. The molecule has 17 heavy (non-hydrogen) atoms. The zero-order valence-corrected chi connectivity index (χ0v) is 11.5. The lowest BCUT2D eigenvalue weighted by atomic mass is 9.92. The van der Waals surface area contributed by atoms with Gasteiger partial charge in [-0.05, 0) is 39.8 Å². The molecule has 1 N–H and O–H groups in total. The molecular weight excluding hydrogens is 230 g/mol. The Kier molecular flexibility index (Phi) is 3.19. The van der Waals surface area contributed by atoms with Crippen molar-refractivity contribution in [2.24, 2.45) is 0 Å². The molecule has 4 heteroatoms. The lowest BCUT2D eigenvalue weighted by Gasteiger charge is -2.35. The van der Waals surface area contributed by atoms with Crippen molar-refractivity contribution in [3.63, 3.8) is 0 Å². The van der Waals surface area contributed by atoms with E-state index in [1.807, 2.05) is 18.4 Å². The highest BCUT2D eigenvalue weighted by Gasteiger charge is 2.39. The van der Waals surface area contributed by atoms with E-state index in [2.05, 4.69) is 22.6 Å². The summed E-state index contributed by atoms with van der Waals surface area (Å²) in [6.45, 7) is 0.899. The van der Waals surface area contributed by atoms with Crippen LogP contribution in [0, 0.1) is 0 Å². The first-order chi connectivity index (χ1) is 8.28. The molecule has 94 valence electrons. The maximum atomic E-state index is 4.78. The van der Waals surface area contributed by atoms with Crippen LogP contribution in [0.2, 0.25) is 0 Å². The van der Waals surface area contributed by atoms with Gasteiger partial charge in [-0.1, -0.05) is 0 Å². The van der Waals surface area contributed by atoms with Gasteiger partial charge >= 0.3 is 0 Å². The minimum Gasteiger partial charge on any atom is -0.314 e. The van der Waals surface area contributed by atoms with E-state index in [0.29, 0.717) is 0 Å². The third kappa shape index (κ3) is 2.14. The van der Waals surface area contributed by atoms with Gasteiger partial charge in [0.05, 0.1) is 10.7 Å². The lowest BCUT2D eigenvalue weighted by molar-refractivity contribution is 0.161. The van der Waals surface area contributed by atoms with Crippen molar-refractivity contribution >= 4 is 11.3 Å². The van der Waals surface area contributed by atoms with Crippen LogP contribution in [0.5, 0.6) is 0 Å². The average Bonchev–Trinajstić information content (AvgIpc) is 2.83. The molecule has 2 saturated heterocycles. The summed E-state index contributed by atoms with van der Waals surface area (Å²) < 4.78 is 0. The molecule has 0 spiro atoms. The van der Waals surface area contributed by atoms with Crippen LogP contribution in [-0.4, -0.2) is 36.1 Å². The number of piperidine rings is 1. The van der Waals surface area contributed by atoms with Crippen LogP contribution in [0.25, 0.3) is 0 Å². The zero-order valence-electron chi connectivity index (χ0n) is 10.6. The molecule has 2 bridgehead atoms. The monoisotopic (exact) mass is 251 g/mol. The van der Waals surface area contributed by atoms with Gasteiger partial charge in [0, 0.05) is 29.9 Å². The second-order valence-corrected chi connectivity index (χ2v) is 6.32. The van der Waals surface area contributed by atoms with Gasteiger partial charge in [-0.2, -0.15) is 0 Å². The Bertz CT molecular complexity index is 376. The molecule has 0 saturated carbocycles. The van der Waals surface area contributed by atoms with Crippen molar-refractivity contribution in [3.05, 3.63) is 16.1 Å².